The maximum atomic E-state index is 10.9. The monoisotopic (exact) mass is 265 g/mol. The molecule has 0 aromatic rings. The highest BCUT2D eigenvalue weighted by Crippen LogP contribution is 2.51. The summed E-state index contributed by atoms with van der Waals surface area (Å²) in [5, 5.41) is 9.00. The van der Waals surface area contributed by atoms with Crippen LogP contribution in [0, 0.1) is 10.8 Å². The molecule has 1 heterocycles. The summed E-state index contributed by atoms with van der Waals surface area (Å²) in [5.74, 6) is -0.613. The Hall–Kier alpha value is -0.570. The molecule has 0 amide bonds. The Bertz CT molecular complexity index is 333. The van der Waals surface area contributed by atoms with Crippen molar-refractivity contribution in [3.05, 3.63) is 0 Å². The standard InChI is InChI=1S/C16H27NO2/c18-14(19)12-16(6-7-16)13-17-10-8-15(9-11-17)4-2-1-3-5-15/h1-13H2,(H,18,19). The van der Waals surface area contributed by atoms with Crippen LogP contribution in [0.15, 0.2) is 0 Å². The van der Waals surface area contributed by atoms with Gasteiger partial charge in [0.1, 0.15) is 0 Å². The van der Waals surface area contributed by atoms with Gasteiger partial charge in [0, 0.05) is 6.54 Å². The van der Waals surface area contributed by atoms with Gasteiger partial charge in [-0.25, -0.2) is 0 Å². The average Bonchev–Trinajstić information content (AvgIpc) is 3.12. The van der Waals surface area contributed by atoms with Crippen molar-refractivity contribution in [2.75, 3.05) is 19.6 Å². The molecule has 0 bridgehead atoms. The van der Waals surface area contributed by atoms with Crippen molar-refractivity contribution in [1.29, 1.82) is 0 Å². The Morgan fingerprint density at radius 1 is 0.947 bits per heavy atom. The minimum Gasteiger partial charge on any atom is -0.481 e. The van der Waals surface area contributed by atoms with Gasteiger partial charge in [-0.3, -0.25) is 4.79 Å². The zero-order valence-electron chi connectivity index (χ0n) is 12.0. The van der Waals surface area contributed by atoms with Crippen molar-refractivity contribution in [1.82, 2.24) is 4.90 Å². The quantitative estimate of drug-likeness (QED) is 0.848. The van der Waals surface area contributed by atoms with Gasteiger partial charge < -0.3 is 10.0 Å². The zero-order valence-corrected chi connectivity index (χ0v) is 12.0. The van der Waals surface area contributed by atoms with E-state index in [1.54, 1.807) is 0 Å². The molecule has 3 rings (SSSR count). The molecule has 2 saturated carbocycles. The minimum atomic E-state index is -0.613. The van der Waals surface area contributed by atoms with Gasteiger partial charge in [-0.2, -0.15) is 0 Å². The van der Waals surface area contributed by atoms with Crippen LogP contribution < -0.4 is 0 Å². The van der Waals surface area contributed by atoms with E-state index in [0.717, 1.165) is 19.4 Å². The maximum absolute atomic E-state index is 10.9. The summed E-state index contributed by atoms with van der Waals surface area (Å²) in [6, 6.07) is 0. The Labute approximate surface area is 116 Å². The van der Waals surface area contributed by atoms with Crippen LogP contribution in [0.1, 0.15) is 64.2 Å². The number of carboxylic acids is 1. The number of hydrogen-bond donors (Lipinski definition) is 1. The van der Waals surface area contributed by atoms with E-state index in [0.29, 0.717) is 11.8 Å². The number of likely N-dealkylation sites (tertiary alicyclic amines) is 1. The molecular weight excluding hydrogens is 238 g/mol. The summed E-state index contributed by atoms with van der Waals surface area (Å²) >= 11 is 0. The predicted molar refractivity (Wildman–Crippen MR) is 75.1 cm³/mol. The topological polar surface area (TPSA) is 40.5 Å². The van der Waals surface area contributed by atoms with Crippen LogP contribution in [-0.4, -0.2) is 35.6 Å². The van der Waals surface area contributed by atoms with Gasteiger partial charge in [0.05, 0.1) is 6.42 Å². The number of piperidine rings is 1. The molecule has 0 radical (unpaired) electrons. The number of hydrogen-bond acceptors (Lipinski definition) is 2. The van der Waals surface area contributed by atoms with Crippen LogP contribution in [0.5, 0.6) is 0 Å². The first kappa shape index (κ1) is 13.4. The van der Waals surface area contributed by atoms with Crippen LogP contribution >= 0.6 is 0 Å². The van der Waals surface area contributed by atoms with E-state index in [-0.39, 0.29) is 5.41 Å². The van der Waals surface area contributed by atoms with Crippen LogP contribution in [0.3, 0.4) is 0 Å². The minimum absolute atomic E-state index is 0.142. The molecule has 1 spiro atoms. The Morgan fingerprint density at radius 2 is 1.58 bits per heavy atom. The van der Waals surface area contributed by atoms with Crippen LogP contribution in [0.25, 0.3) is 0 Å². The Balaban J connectivity index is 1.49. The van der Waals surface area contributed by atoms with E-state index >= 15 is 0 Å². The van der Waals surface area contributed by atoms with E-state index in [4.69, 9.17) is 5.11 Å². The number of rotatable bonds is 4. The predicted octanol–water partition coefficient (Wildman–Crippen LogP) is 3.29. The lowest BCUT2D eigenvalue weighted by molar-refractivity contribution is -0.138. The molecule has 0 aromatic heterocycles. The second-order valence-electron chi connectivity index (χ2n) is 7.41. The molecule has 108 valence electrons. The van der Waals surface area contributed by atoms with Crippen molar-refractivity contribution >= 4 is 5.97 Å². The summed E-state index contributed by atoms with van der Waals surface area (Å²) < 4.78 is 0. The van der Waals surface area contributed by atoms with Gasteiger partial charge in [-0.15, -0.1) is 0 Å². The fourth-order valence-electron chi connectivity index (χ4n) is 4.35. The maximum Gasteiger partial charge on any atom is 0.303 e. The van der Waals surface area contributed by atoms with E-state index in [1.807, 2.05) is 0 Å². The number of nitrogens with zero attached hydrogens (tertiary/aromatic N) is 1. The van der Waals surface area contributed by atoms with Crippen LogP contribution in [-0.2, 0) is 4.79 Å². The van der Waals surface area contributed by atoms with E-state index in [1.165, 1.54) is 58.0 Å². The van der Waals surface area contributed by atoms with Gasteiger partial charge in [0.25, 0.3) is 0 Å². The summed E-state index contributed by atoms with van der Waals surface area (Å²) in [6.07, 6.45) is 12.5. The van der Waals surface area contributed by atoms with Crippen LogP contribution in [0.4, 0.5) is 0 Å². The van der Waals surface area contributed by atoms with Crippen molar-refractivity contribution in [3.8, 4) is 0 Å². The third-order valence-corrected chi connectivity index (χ3v) is 5.87. The molecule has 3 nitrogen and oxygen atoms in total. The number of carboxylic acid groups (broad SMARTS) is 1. The molecule has 1 aliphatic heterocycles. The highest BCUT2D eigenvalue weighted by molar-refractivity contribution is 5.68. The first-order chi connectivity index (χ1) is 9.12. The van der Waals surface area contributed by atoms with E-state index < -0.39 is 5.97 Å². The summed E-state index contributed by atoms with van der Waals surface area (Å²) in [7, 11) is 0. The lowest BCUT2D eigenvalue weighted by atomic mass is 9.68. The van der Waals surface area contributed by atoms with Crippen molar-refractivity contribution in [2.24, 2.45) is 10.8 Å². The first-order valence-corrected chi connectivity index (χ1v) is 8.06. The fourth-order valence-corrected chi connectivity index (χ4v) is 4.35. The summed E-state index contributed by atoms with van der Waals surface area (Å²) in [5.41, 5.74) is 0.807. The Morgan fingerprint density at radius 3 is 2.11 bits per heavy atom. The van der Waals surface area contributed by atoms with Gasteiger partial charge in [-0.05, 0) is 62.4 Å². The second-order valence-corrected chi connectivity index (χ2v) is 7.41. The third-order valence-electron chi connectivity index (χ3n) is 5.87. The molecule has 3 heteroatoms. The van der Waals surface area contributed by atoms with Crippen molar-refractivity contribution < 1.29 is 9.90 Å². The highest BCUT2D eigenvalue weighted by Gasteiger charge is 2.46. The summed E-state index contributed by atoms with van der Waals surface area (Å²) in [6.45, 7) is 3.46. The lowest BCUT2D eigenvalue weighted by Crippen LogP contribution is -2.43. The van der Waals surface area contributed by atoms with E-state index in [2.05, 4.69) is 4.90 Å². The van der Waals surface area contributed by atoms with E-state index in [9.17, 15) is 4.79 Å². The third kappa shape index (κ3) is 3.13. The number of aliphatic carboxylic acids is 1. The number of carbonyl (C=O) groups is 1. The second kappa shape index (κ2) is 5.08. The SMILES string of the molecule is O=C(O)CC1(CN2CCC3(CCCCC3)CC2)CC1. The highest BCUT2D eigenvalue weighted by atomic mass is 16.4. The fraction of sp³-hybridized carbons (Fsp3) is 0.938. The molecule has 2 aliphatic carbocycles. The lowest BCUT2D eigenvalue weighted by Gasteiger charge is -2.45. The molecule has 19 heavy (non-hydrogen) atoms. The average molecular weight is 265 g/mol. The molecule has 1 N–H and O–H groups in total. The van der Waals surface area contributed by atoms with Gasteiger partial charge in [-0.1, -0.05) is 19.3 Å². The molecule has 0 unspecified atom stereocenters. The largest absolute Gasteiger partial charge is 0.481 e. The van der Waals surface area contributed by atoms with Crippen molar-refractivity contribution in [3.63, 3.8) is 0 Å². The van der Waals surface area contributed by atoms with Crippen molar-refractivity contribution in [2.45, 2.75) is 64.2 Å². The van der Waals surface area contributed by atoms with Gasteiger partial charge in [0.15, 0.2) is 0 Å². The summed E-state index contributed by atoms with van der Waals surface area (Å²) in [4.78, 5) is 13.5. The van der Waals surface area contributed by atoms with Crippen LogP contribution in [0.2, 0.25) is 0 Å². The smallest absolute Gasteiger partial charge is 0.303 e. The molecule has 3 fully saturated rings. The zero-order chi connectivity index (χ0) is 13.3. The molecule has 3 aliphatic rings. The van der Waals surface area contributed by atoms with Gasteiger partial charge in [0.2, 0.25) is 0 Å². The Kier molecular flexibility index (Phi) is 3.59. The normalized spacial score (nSPS) is 29.3. The molecule has 1 saturated heterocycles. The first-order valence-electron chi connectivity index (χ1n) is 8.06. The molecular formula is C16H27NO2. The molecule has 0 aromatic carbocycles. The molecule has 0 atom stereocenters. The van der Waals surface area contributed by atoms with Gasteiger partial charge >= 0.3 is 5.97 Å².